The van der Waals surface area contributed by atoms with Gasteiger partial charge in [-0.3, -0.25) is 4.57 Å². The summed E-state index contributed by atoms with van der Waals surface area (Å²) in [5, 5.41) is 1.00. The smallest absolute Gasteiger partial charge is 0.145 e. The van der Waals surface area contributed by atoms with Gasteiger partial charge in [0.25, 0.3) is 0 Å². The van der Waals surface area contributed by atoms with Gasteiger partial charge < -0.3 is 4.90 Å². The van der Waals surface area contributed by atoms with Gasteiger partial charge in [0.05, 0.1) is 21.6 Å². The summed E-state index contributed by atoms with van der Waals surface area (Å²) in [7, 11) is 0. The molecule has 1 atom stereocenters. The minimum atomic E-state index is 0.0458. The molecule has 0 spiro atoms. The van der Waals surface area contributed by atoms with E-state index in [4.69, 9.17) is 9.97 Å². The van der Waals surface area contributed by atoms with E-state index in [1.165, 1.54) is 41.0 Å². The first-order valence-electron chi connectivity index (χ1n) is 20.3. The number of hydrogen-bond acceptors (Lipinski definition) is 6. The van der Waals surface area contributed by atoms with Crippen molar-refractivity contribution in [1.82, 2.24) is 14.5 Å². The lowest BCUT2D eigenvalue weighted by Gasteiger charge is -2.34. The molecule has 2 aromatic heterocycles. The molecule has 12 rings (SSSR count). The third-order valence-corrected chi connectivity index (χ3v) is 15.2. The number of fused-ring (bicyclic) bond motifs is 6. The molecule has 2 aliphatic heterocycles. The Kier molecular flexibility index (Phi) is 8.72. The molecule has 0 radical (unpaired) electrons. The number of benzene rings is 8. The third kappa shape index (κ3) is 5.83. The topological polar surface area (TPSA) is 34.0 Å². The second-order valence-corrected chi connectivity index (χ2v) is 18.4. The van der Waals surface area contributed by atoms with Crippen LogP contribution < -0.4 is 4.90 Å². The van der Waals surface area contributed by atoms with Gasteiger partial charge in [0, 0.05) is 47.9 Å². The summed E-state index contributed by atoms with van der Waals surface area (Å²) in [5.74, 6) is 0.955. The van der Waals surface area contributed by atoms with E-state index in [0.29, 0.717) is 0 Å². The van der Waals surface area contributed by atoms with Crippen LogP contribution in [0.2, 0.25) is 0 Å². The lowest BCUT2D eigenvalue weighted by molar-refractivity contribution is 0.702. The largest absolute Gasteiger partial charge is 0.304 e. The van der Waals surface area contributed by atoms with Gasteiger partial charge >= 0.3 is 0 Å². The summed E-state index contributed by atoms with van der Waals surface area (Å²) < 4.78 is 3.59. The van der Waals surface area contributed by atoms with Crippen molar-refractivity contribution in [3.05, 3.63) is 205 Å². The van der Waals surface area contributed by atoms with Crippen LogP contribution in [0.1, 0.15) is 29.0 Å². The highest BCUT2D eigenvalue weighted by atomic mass is 32.2. The highest BCUT2D eigenvalue weighted by Crippen LogP contribution is 2.57. The van der Waals surface area contributed by atoms with Crippen LogP contribution in [-0.4, -0.2) is 14.5 Å². The number of hydrogen-bond donors (Lipinski definition) is 0. The summed E-state index contributed by atoms with van der Waals surface area (Å²) in [5.41, 5.74) is 13.6. The number of imidazole rings is 1. The second-order valence-electron chi connectivity index (χ2n) is 15.2. The SMILES string of the molecule is c1ccc(-c2nc3c(N4c5ccccc5Sc5ccccc54)c4c(nc(-c5ccccc5)n4-c4ccccc4)c(C4CCc5ccccc5Sc5ccccc54)c3s2)cc1. The molecular weight excluding hydrogens is 789 g/mol. The Bertz CT molecular complexity index is 3180. The van der Waals surface area contributed by atoms with Crippen molar-refractivity contribution in [3.63, 3.8) is 0 Å². The minimum Gasteiger partial charge on any atom is -0.304 e. The van der Waals surface area contributed by atoms with Gasteiger partial charge in [0.15, 0.2) is 0 Å². The zero-order chi connectivity index (χ0) is 39.6. The van der Waals surface area contributed by atoms with Gasteiger partial charge in [0.2, 0.25) is 0 Å². The van der Waals surface area contributed by atoms with Crippen molar-refractivity contribution in [3.8, 4) is 27.6 Å². The maximum Gasteiger partial charge on any atom is 0.145 e. The van der Waals surface area contributed by atoms with Crippen molar-refractivity contribution >= 4 is 73.2 Å². The van der Waals surface area contributed by atoms with Crippen molar-refractivity contribution in [2.75, 3.05) is 4.90 Å². The molecule has 0 fully saturated rings. The summed E-state index contributed by atoms with van der Waals surface area (Å²) >= 11 is 5.53. The Hall–Kier alpha value is -6.38. The second kappa shape index (κ2) is 14.7. The van der Waals surface area contributed by atoms with E-state index in [2.05, 4.69) is 198 Å². The third-order valence-electron chi connectivity index (χ3n) is 11.7. The minimum absolute atomic E-state index is 0.0458. The van der Waals surface area contributed by atoms with Crippen LogP contribution in [0.25, 0.3) is 48.9 Å². The number of aryl methyl sites for hydroxylation is 1. The van der Waals surface area contributed by atoms with Gasteiger partial charge in [-0.1, -0.05) is 163 Å². The van der Waals surface area contributed by atoms with Crippen molar-refractivity contribution in [2.24, 2.45) is 0 Å². The first kappa shape index (κ1) is 35.6. The van der Waals surface area contributed by atoms with E-state index in [1.807, 2.05) is 23.5 Å². The molecule has 0 N–H and O–H groups in total. The predicted molar refractivity (Wildman–Crippen MR) is 251 cm³/mol. The van der Waals surface area contributed by atoms with E-state index >= 15 is 0 Å². The molecule has 7 heteroatoms. The van der Waals surface area contributed by atoms with E-state index < -0.39 is 0 Å². The van der Waals surface area contributed by atoms with Gasteiger partial charge in [-0.15, -0.1) is 11.3 Å². The Morgan fingerprint density at radius 3 is 1.78 bits per heavy atom. The quantitative estimate of drug-likeness (QED) is 0.173. The predicted octanol–water partition coefficient (Wildman–Crippen LogP) is 15.1. The van der Waals surface area contributed by atoms with Crippen LogP contribution in [0.4, 0.5) is 17.1 Å². The molecule has 286 valence electrons. The first-order valence-corrected chi connectivity index (χ1v) is 22.8. The number of rotatable bonds is 5. The Morgan fingerprint density at radius 2 is 1.07 bits per heavy atom. The molecule has 0 aliphatic carbocycles. The standard InChI is InChI=1S/C53H36N4S3/c1-4-19-35(20-5-1)52-54-47-46(39-33-32-34-18-10-14-28-42(34)58-43-29-15-11-25-38(39)43)51-48(55-53(60-51)36-21-6-2-7-22-36)50(49(47)56(52)37-23-8-3-9-24-37)57-40-26-12-16-30-44(40)59-45-31-17-13-27-41(45)57/h1-31,39H,32-33H2. The Morgan fingerprint density at radius 1 is 0.500 bits per heavy atom. The number of anilines is 3. The van der Waals surface area contributed by atoms with Crippen LogP contribution >= 0.6 is 34.9 Å². The monoisotopic (exact) mass is 824 g/mol. The number of aromatic nitrogens is 3. The molecule has 4 heterocycles. The number of para-hydroxylation sites is 3. The van der Waals surface area contributed by atoms with Crippen molar-refractivity contribution < 1.29 is 0 Å². The molecule has 8 aromatic carbocycles. The Balaban J connectivity index is 1.28. The highest BCUT2D eigenvalue weighted by Gasteiger charge is 2.36. The maximum absolute atomic E-state index is 5.91. The van der Waals surface area contributed by atoms with Crippen molar-refractivity contribution in [1.29, 1.82) is 0 Å². The molecule has 0 bridgehead atoms. The van der Waals surface area contributed by atoms with Crippen LogP contribution in [0.15, 0.2) is 208 Å². The lowest BCUT2D eigenvalue weighted by atomic mass is 9.84. The highest BCUT2D eigenvalue weighted by molar-refractivity contribution is 8.00. The summed E-state index contributed by atoms with van der Waals surface area (Å²) in [4.78, 5) is 19.2. The van der Waals surface area contributed by atoms with E-state index in [1.54, 1.807) is 11.3 Å². The molecule has 0 saturated heterocycles. The van der Waals surface area contributed by atoms with Gasteiger partial charge in [0.1, 0.15) is 27.6 Å². The molecule has 4 nitrogen and oxygen atoms in total. The zero-order valence-corrected chi connectivity index (χ0v) is 34.9. The van der Waals surface area contributed by atoms with Crippen molar-refractivity contribution in [2.45, 2.75) is 38.3 Å². The van der Waals surface area contributed by atoms with Crippen LogP contribution in [-0.2, 0) is 6.42 Å². The molecule has 10 aromatic rings. The zero-order valence-electron chi connectivity index (χ0n) is 32.4. The van der Waals surface area contributed by atoms with Crippen LogP contribution in [0, 0.1) is 0 Å². The lowest BCUT2D eigenvalue weighted by Crippen LogP contribution is -2.17. The molecular formula is C53H36N4S3. The molecule has 0 amide bonds. The number of nitrogens with zero attached hydrogens (tertiary/aromatic N) is 4. The average Bonchev–Trinajstić information content (AvgIpc) is 3.93. The molecule has 1 unspecified atom stereocenters. The molecule has 2 aliphatic rings. The van der Waals surface area contributed by atoms with Crippen LogP contribution in [0.3, 0.4) is 0 Å². The van der Waals surface area contributed by atoms with E-state index in [9.17, 15) is 0 Å². The molecule has 60 heavy (non-hydrogen) atoms. The maximum atomic E-state index is 5.91. The van der Waals surface area contributed by atoms with E-state index in [-0.39, 0.29) is 5.92 Å². The van der Waals surface area contributed by atoms with Gasteiger partial charge in [-0.05, 0) is 72.5 Å². The summed E-state index contributed by atoms with van der Waals surface area (Å²) in [6, 6.07) is 67.8. The molecule has 0 saturated carbocycles. The summed E-state index contributed by atoms with van der Waals surface area (Å²) in [6.45, 7) is 0. The summed E-state index contributed by atoms with van der Waals surface area (Å²) in [6.07, 6.45) is 1.88. The fourth-order valence-electron chi connectivity index (χ4n) is 9.05. The first-order chi connectivity index (χ1) is 29.8. The fourth-order valence-corrected chi connectivity index (χ4v) is 12.4. The number of thiazole rings is 1. The van der Waals surface area contributed by atoms with Crippen LogP contribution in [0.5, 0.6) is 0 Å². The van der Waals surface area contributed by atoms with Gasteiger partial charge in [-0.2, -0.15) is 0 Å². The fraction of sp³-hybridized carbons (Fsp3) is 0.0566. The van der Waals surface area contributed by atoms with Gasteiger partial charge in [-0.25, -0.2) is 9.97 Å². The van der Waals surface area contributed by atoms with E-state index in [0.717, 1.165) is 74.1 Å². The normalized spacial score (nSPS) is 14.5. The Labute approximate surface area is 361 Å². The average molecular weight is 825 g/mol.